The first-order chi connectivity index (χ1) is 11.3. The lowest BCUT2D eigenvalue weighted by Gasteiger charge is -2.37. The molecule has 0 spiro atoms. The normalized spacial score (nSPS) is 22.0. The fourth-order valence-electron chi connectivity index (χ4n) is 3.96. The van der Waals surface area contributed by atoms with E-state index in [1.165, 1.54) is 6.42 Å². The summed E-state index contributed by atoms with van der Waals surface area (Å²) >= 11 is 1.60. The Labute approximate surface area is 149 Å². The van der Waals surface area contributed by atoms with E-state index >= 15 is 0 Å². The molecule has 3 aromatic heterocycles. The van der Waals surface area contributed by atoms with Crippen molar-refractivity contribution in [2.45, 2.75) is 18.9 Å². The number of nitrogens with zero attached hydrogens (tertiary/aromatic N) is 3. The van der Waals surface area contributed by atoms with Crippen LogP contribution in [0.25, 0.3) is 21.5 Å². The molecule has 2 aliphatic heterocycles. The van der Waals surface area contributed by atoms with E-state index in [0.717, 1.165) is 46.8 Å². The second-order valence-electron chi connectivity index (χ2n) is 6.44. The number of fused-ring (bicyclic) bond motifs is 5. The van der Waals surface area contributed by atoms with Crippen LogP contribution < -0.4 is 10.9 Å². The molecule has 0 saturated carbocycles. The molecule has 1 N–H and O–H groups in total. The predicted molar refractivity (Wildman–Crippen MR) is 98.1 cm³/mol. The number of aromatic nitrogens is 3. The molecule has 2 aliphatic rings. The summed E-state index contributed by atoms with van der Waals surface area (Å²) in [7, 11) is 0. The van der Waals surface area contributed by atoms with Gasteiger partial charge in [0.1, 0.15) is 11.2 Å². The minimum absolute atomic E-state index is 0. The number of nitrogens with one attached hydrogen (secondary N) is 1. The number of rotatable bonds is 1. The van der Waals surface area contributed by atoms with Gasteiger partial charge in [-0.2, -0.15) is 0 Å². The van der Waals surface area contributed by atoms with Gasteiger partial charge in [0, 0.05) is 41.7 Å². The van der Waals surface area contributed by atoms with E-state index in [2.05, 4.69) is 21.4 Å². The number of hydrogen-bond acceptors (Lipinski definition) is 5. The molecule has 0 aliphatic carbocycles. The van der Waals surface area contributed by atoms with Crippen molar-refractivity contribution in [3.05, 3.63) is 46.0 Å². The molecular weight excluding hydrogens is 344 g/mol. The lowest BCUT2D eigenvalue weighted by atomic mass is 9.83. The van der Waals surface area contributed by atoms with E-state index < -0.39 is 0 Å². The molecule has 0 aromatic carbocycles. The highest BCUT2D eigenvalue weighted by atomic mass is 35.5. The topological polar surface area (TPSA) is 59.8 Å². The van der Waals surface area contributed by atoms with Crippen molar-refractivity contribution < 1.29 is 0 Å². The van der Waals surface area contributed by atoms with E-state index in [1.807, 2.05) is 16.0 Å². The quantitative estimate of drug-likeness (QED) is 0.724. The first-order valence-corrected chi connectivity index (χ1v) is 8.81. The summed E-state index contributed by atoms with van der Waals surface area (Å²) in [5.41, 5.74) is 3.02. The van der Waals surface area contributed by atoms with Crippen molar-refractivity contribution in [3.8, 4) is 11.3 Å². The molecule has 2 atom stereocenters. The number of piperidine rings is 1. The molecule has 1 saturated heterocycles. The van der Waals surface area contributed by atoms with Crippen LogP contribution in [0.5, 0.6) is 0 Å². The maximum Gasteiger partial charge on any atom is 0.251 e. The highest BCUT2D eigenvalue weighted by Crippen LogP contribution is 2.35. The summed E-state index contributed by atoms with van der Waals surface area (Å²) in [6.45, 7) is 2.80. The standard InChI is InChI=1S/C17H16N4OS.ClH/c22-15-5-11(16-13-1-2-23-17(13)20-9-19-16)4-14-12-3-10(6-18-7-12)8-21(14)15;/h1-2,4-5,9-10,12,18H,3,6-8H2;1H/t10-,12+;/m0./s1. The molecule has 24 heavy (non-hydrogen) atoms. The maximum atomic E-state index is 12.7. The Morgan fingerprint density at radius 2 is 2.17 bits per heavy atom. The molecule has 124 valence electrons. The summed E-state index contributed by atoms with van der Waals surface area (Å²) in [5, 5.41) is 6.54. The van der Waals surface area contributed by atoms with Gasteiger partial charge in [-0.25, -0.2) is 9.97 Å². The van der Waals surface area contributed by atoms with Gasteiger partial charge >= 0.3 is 0 Å². The zero-order valence-corrected chi connectivity index (χ0v) is 14.6. The number of hydrogen-bond donors (Lipinski definition) is 1. The molecule has 5 rings (SSSR count). The van der Waals surface area contributed by atoms with Gasteiger partial charge in [0.15, 0.2) is 0 Å². The molecule has 3 aromatic rings. The second-order valence-corrected chi connectivity index (χ2v) is 7.33. The Bertz CT molecular complexity index is 967. The van der Waals surface area contributed by atoms with Gasteiger partial charge in [-0.3, -0.25) is 4.79 Å². The fraction of sp³-hybridized carbons (Fsp3) is 0.353. The summed E-state index contributed by atoms with van der Waals surface area (Å²) in [4.78, 5) is 22.4. The van der Waals surface area contributed by atoms with Crippen molar-refractivity contribution in [1.82, 2.24) is 19.9 Å². The third kappa shape index (κ3) is 2.37. The molecule has 7 heteroatoms. The van der Waals surface area contributed by atoms with Crippen LogP contribution in [-0.2, 0) is 6.54 Å². The Balaban J connectivity index is 0.00000146. The van der Waals surface area contributed by atoms with Crippen LogP contribution in [0, 0.1) is 5.92 Å². The number of pyridine rings is 1. The first kappa shape index (κ1) is 15.7. The second kappa shape index (κ2) is 5.95. The lowest BCUT2D eigenvalue weighted by molar-refractivity contribution is 0.257. The van der Waals surface area contributed by atoms with Gasteiger partial charge in [0.2, 0.25) is 0 Å². The van der Waals surface area contributed by atoms with Crippen molar-refractivity contribution in [3.63, 3.8) is 0 Å². The van der Waals surface area contributed by atoms with Gasteiger partial charge < -0.3 is 9.88 Å². The minimum atomic E-state index is 0. The maximum absolute atomic E-state index is 12.7. The minimum Gasteiger partial charge on any atom is -0.316 e. The van der Waals surface area contributed by atoms with Crippen molar-refractivity contribution in [1.29, 1.82) is 0 Å². The first-order valence-electron chi connectivity index (χ1n) is 7.93. The van der Waals surface area contributed by atoms with Crippen LogP contribution in [0.3, 0.4) is 0 Å². The van der Waals surface area contributed by atoms with E-state index in [9.17, 15) is 4.79 Å². The third-order valence-electron chi connectivity index (χ3n) is 5.00. The molecular formula is C17H17ClN4OS. The van der Waals surface area contributed by atoms with Crippen molar-refractivity contribution >= 4 is 34.0 Å². The van der Waals surface area contributed by atoms with Gasteiger partial charge in [-0.05, 0) is 36.4 Å². The molecule has 5 nitrogen and oxygen atoms in total. The smallest absolute Gasteiger partial charge is 0.251 e. The van der Waals surface area contributed by atoms with Gasteiger partial charge in [-0.1, -0.05) is 0 Å². The van der Waals surface area contributed by atoms with Gasteiger partial charge in [-0.15, -0.1) is 23.7 Å². The Hall–Kier alpha value is -1.76. The largest absolute Gasteiger partial charge is 0.316 e. The van der Waals surface area contributed by atoms with Gasteiger partial charge in [0.25, 0.3) is 5.56 Å². The average molecular weight is 361 g/mol. The van der Waals surface area contributed by atoms with Crippen LogP contribution in [0.2, 0.25) is 0 Å². The molecule has 5 heterocycles. The highest BCUT2D eigenvalue weighted by molar-refractivity contribution is 7.16. The number of halogens is 1. The molecule has 2 bridgehead atoms. The summed E-state index contributed by atoms with van der Waals surface area (Å²) in [6.07, 6.45) is 2.76. The Morgan fingerprint density at radius 3 is 3.08 bits per heavy atom. The predicted octanol–water partition coefficient (Wildman–Crippen LogP) is 2.65. The zero-order chi connectivity index (χ0) is 15.4. The monoisotopic (exact) mass is 360 g/mol. The van der Waals surface area contributed by atoms with Crippen LogP contribution in [-0.4, -0.2) is 27.6 Å². The van der Waals surface area contributed by atoms with Crippen molar-refractivity contribution in [2.75, 3.05) is 13.1 Å². The molecule has 1 fully saturated rings. The molecule has 0 radical (unpaired) electrons. The Morgan fingerprint density at radius 1 is 1.25 bits per heavy atom. The van der Waals surface area contributed by atoms with Crippen molar-refractivity contribution in [2.24, 2.45) is 5.92 Å². The lowest BCUT2D eigenvalue weighted by Crippen LogP contribution is -2.44. The van der Waals surface area contributed by atoms with E-state index in [0.29, 0.717) is 11.8 Å². The summed E-state index contributed by atoms with van der Waals surface area (Å²) in [6, 6.07) is 5.93. The molecule has 0 amide bonds. The van der Waals surface area contributed by atoms with Crippen LogP contribution in [0.1, 0.15) is 18.0 Å². The van der Waals surface area contributed by atoms with Crippen LogP contribution in [0.15, 0.2) is 34.7 Å². The molecule has 0 unspecified atom stereocenters. The highest BCUT2D eigenvalue weighted by Gasteiger charge is 2.31. The summed E-state index contributed by atoms with van der Waals surface area (Å²) in [5.74, 6) is 1.00. The van der Waals surface area contributed by atoms with Gasteiger partial charge in [0.05, 0.1) is 5.69 Å². The number of thiophene rings is 1. The summed E-state index contributed by atoms with van der Waals surface area (Å²) < 4.78 is 1.97. The average Bonchev–Trinajstić information content (AvgIpc) is 3.04. The zero-order valence-electron chi connectivity index (χ0n) is 12.9. The van der Waals surface area contributed by atoms with E-state index in [4.69, 9.17) is 0 Å². The Kier molecular flexibility index (Phi) is 3.90. The van der Waals surface area contributed by atoms with Crippen LogP contribution in [0.4, 0.5) is 0 Å². The fourth-order valence-corrected chi connectivity index (χ4v) is 4.69. The SMILES string of the molecule is Cl.O=c1cc(-c2ncnc3sccc23)cc2n1C[C@@H]1CNC[C@H]2C1. The third-order valence-corrected chi connectivity index (χ3v) is 5.82. The van der Waals surface area contributed by atoms with Crippen LogP contribution >= 0.6 is 23.7 Å². The van der Waals surface area contributed by atoms with E-state index in [1.54, 1.807) is 23.7 Å². The van der Waals surface area contributed by atoms with E-state index in [-0.39, 0.29) is 18.0 Å².